The van der Waals surface area contributed by atoms with Gasteiger partial charge in [-0.3, -0.25) is 9.59 Å². The predicted octanol–water partition coefficient (Wildman–Crippen LogP) is 2.86. The molecule has 2 amide bonds. The molecule has 2 aromatic carbocycles. The fourth-order valence-corrected chi connectivity index (χ4v) is 2.81. The molecule has 3 aromatic rings. The van der Waals surface area contributed by atoms with E-state index in [9.17, 15) is 18.4 Å². The van der Waals surface area contributed by atoms with Crippen LogP contribution in [0.2, 0.25) is 0 Å². The van der Waals surface area contributed by atoms with Crippen molar-refractivity contribution in [2.75, 3.05) is 13.1 Å². The average Bonchev–Trinajstić information content (AvgIpc) is 3.09. The standard InChI is InChI=1S/C20H19F2N3O3/c21-20(22)28-15-5-3-4-13(10-15)19(27)25-12-18(26)23-9-8-14-11-24-17-7-2-1-6-16(14)17/h1-7,10-11,20,24H,8-9,12H2,(H,23,26)(H,25,27). The number of hydrogen-bond acceptors (Lipinski definition) is 3. The molecule has 6 nitrogen and oxygen atoms in total. The number of aromatic amines is 1. The lowest BCUT2D eigenvalue weighted by Crippen LogP contribution is -2.37. The molecule has 0 unspecified atom stereocenters. The molecule has 0 spiro atoms. The van der Waals surface area contributed by atoms with Gasteiger partial charge in [0.05, 0.1) is 6.54 Å². The molecule has 0 bridgehead atoms. The molecule has 8 heteroatoms. The van der Waals surface area contributed by atoms with E-state index in [2.05, 4.69) is 20.4 Å². The van der Waals surface area contributed by atoms with Crippen molar-refractivity contribution in [3.8, 4) is 5.75 Å². The number of ether oxygens (including phenoxy) is 1. The van der Waals surface area contributed by atoms with Crippen LogP contribution in [0.25, 0.3) is 10.9 Å². The van der Waals surface area contributed by atoms with Gasteiger partial charge in [-0.05, 0) is 36.2 Å². The molecule has 0 fully saturated rings. The SMILES string of the molecule is O=C(CNC(=O)c1cccc(OC(F)F)c1)NCCc1c[nH]c2ccccc12. The van der Waals surface area contributed by atoms with Crippen molar-refractivity contribution in [2.24, 2.45) is 0 Å². The number of hydrogen-bond donors (Lipinski definition) is 3. The van der Waals surface area contributed by atoms with Crippen LogP contribution in [0.15, 0.2) is 54.7 Å². The molecule has 0 saturated heterocycles. The highest BCUT2D eigenvalue weighted by Gasteiger charge is 2.11. The summed E-state index contributed by atoms with van der Waals surface area (Å²) in [6, 6.07) is 13.3. The molecule has 3 N–H and O–H groups in total. The summed E-state index contributed by atoms with van der Waals surface area (Å²) >= 11 is 0. The second-order valence-electron chi connectivity index (χ2n) is 6.05. The van der Waals surface area contributed by atoms with Crippen molar-refractivity contribution < 1.29 is 23.1 Å². The van der Waals surface area contributed by atoms with Crippen molar-refractivity contribution in [1.29, 1.82) is 0 Å². The number of carbonyl (C=O) groups excluding carboxylic acids is 2. The van der Waals surface area contributed by atoms with E-state index in [1.807, 2.05) is 30.5 Å². The maximum Gasteiger partial charge on any atom is 0.387 e. The first-order chi connectivity index (χ1) is 13.5. The highest BCUT2D eigenvalue weighted by molar-refractivity contribution is 5.96. The fourth-order valence-electron chi connectivity index (χ4n) is 2.81. The molecule has 0 aliphatic carbocycles. The summed E-state index contributed by atoms with van der Waals surface area (Å²) in [5.74, 6) is -1.01. The predicted molar refractivity (Wildman–Crippen MR) is 100 cm³/mol. The van der Waals surface area contributed by atoms with Crippen LogP contribution in [0.4, 0.5) is 8.78 Å². The van der Waals surface area contributed by atoms with E-state index in [1.165, 1.54) is 24.3 Å². The van der Waals surface area contributed by atoms with Gasteiger partial charge in [0, 0.05) is 29.2 Å². The highest BCUT2D eigenvalue weighted by Crippen LogP contribution is 2.18. The molecule has 0 saturated carbocycles. The van der Waals surface area contributed by atoms with Crippen LogP contribution < -0.4 is 15.4 Å². The van der Waals surface area contributed by atoms with Crippen LogP contribution in [-0.4, -0.2) is 36.5 Å². The summed E-state index contributed by atoms with van der Waals surface area (Å²) in [5, 5.41) is 6.30. The highest BCUT2D eigenvalue weighted by atomic mass is 19.3. The number of fused-ring (bicyclic) bond motifs is 1. The van der Waals surface area contributed by atoms with Gasteiger partial charge in [0.15, 0.2) is 0 Å². The average molecular weight is 387 g/mol. The molecule has 3 rings (SSSR count). The third kappa shape index (κ3) is 5.06. The summed E-state index contributed by atoms with van der Waals surface area (Å²) in [6.45, 7) is -2.76. The smallest absolute Gasteiger partial charge is 0.387 e. The van der Waals surface area contributed by atoms with Gasteiger partial charge in [-0.1, -0.05) is 24.3 Å². The number of amides is 2. The molecule has 146 valence electrons. The first-order valence-electron chi connectivity index (χ1n) is 8.67. The van der Waals surface area contributed by atoms with Crippen LogP contribution >= 0.6 is 0 Å². The lowest BCUT2D eigenvalue weighted by Gasteiger charge is -2.08. The Bertz CT molecular complexity index is 972. The minimum absolute atomic E-state index is 0.120. The van der Waals surface area contributed by atoms with Gasteiger partial charge in [-0.2, -0.15) is 8.78 Å². The first kappa shape index (κ1) is 19.3. The Morgan fingerprint density at radius 3 is 2.71 bits per heavy atom. The van der Waals surface area contributed by atoms with Crippen molar-refractivity contribution in [2.45, 2.75) is 13.0 Å². The van der Waals surface area contributed by atoms with E-state index in [1.54, 1.807) is 0 Å². The van der Waals surface area contributed by atoms with Gasteiger partial charge >= 0.3 is 6.61 Å². The summed E-state index contributed by atoms with van der Waals surface area (Å²) < 4.78 is 28.7. The molecule has 1 aromatic heterocycles. The van der Waals surface area contributed by atoms with E-state index in [-0.39, 0.29) is 23.8 Å². The molecule has 0 atom stereocenters. The topological polar surface area (TPSA) is 83.2 Å². The zero-order valence-corrected chi connectivity index (χ0v) is 14.9. The van der Waals surface area contributed by atoms with E-state index in [0.717, 1.165) is 16.5 Å². The Morgan fingerprint density at radius 2 is 1.89 bits per heavy atom. The third-order valence-corrected chi connectivity index (χ3v) is 4.12. The molecule has 0 aliphatic rings. The first-order valence-corrected chi connectivity index (χ1v) is 8.67. The zero-order valence-electron chi connectivity index (χ0n) is 14.9. The number of alkyl halides is 2. The largest absolute Gasteiger partial charge is 0.435 e. The van der Waals surface area contributed by atoms with Crippen LogP contribution in [0, 0.1) is 0 Å². The van der Waals surface area contributed by atoms with Crippen LogP contribution in [0.5, 0.6) is 5.75 Å². The number of nitrogens with one attached hydrogen (secondary N) is 3. The second kappa shape index (κ2) is 8.98. The number of para-hydroxylation sites is 1. The maximum atomic E-state index is 12.2. The molecule has 1 heterocycles. The lowest BCUT2D eigenvalue weighted by atomic mass is 10.1. The molecule has 0 aliphatic heterocycles. The quantitative estimate of drug-likeness (QED) is 0.556. The van der Waals surface area contributed by atoms with Crippen LogP contribution in [-0.2, 0) is 11.2 Å². The molecule has 0 radical (unpaired) electrons. The van der Waals surface area contributed by atoms with Gasteiger partial charge < -0.3 is 20.4 Å². The number of aromatic nitrogens is 1. The minimum Gasteiger partial charge on any atom is -0.435 e. The van der Waals surface area contributed by atoms with E-state index < -0.39 is 12.5 Å². The Balaban J connectivity index is 1.44. The van der Waals surface area contributed by atoms with Crippen LogP contribution in [0.1, 0.15) is 15.9 Å². The van der Waals surface area contributed by atoms with E-state index in [0.29, 0.717) is 13.0 Å². The number of carbonyl (C=O) groups is 2. The molecule has 28 heavy (non-hydrogen) atoms. The zero-order chi connectivity index (χ0) is 19.9. The van der Waals surface area contributed by atoms with Crippen molar-refractivity contribution in [1.82, 2.24) is 15.6 Å². The fraction of sp³-hybridized carbons (Fsp3) is 0.200. The number of halogens is 2. The monoisotopic (exact) mass is 387 g/mol. The number of H-pyrrole nitrogens is 1. The Morgan fingerprint density at radius 1 is 1.07 bits per heavy atom. The summed E-state index contributed by atoms with van der Waals surface area (Å²) in [4.78, 5) is 27.2. The third-order valence-electron chi connectivity index (χ3n) is 4.12. The number of rotatable bonds is 8. The maximum absolute atomic E-state index is 12.2. The van der Waals surface area contributed by atoms with Crippen molar-refractivity contribution in [3.05, 3.63) is 65.9 Å². The lowest BCUT2D eigenvalue weighted by molar-refractivity contribution is -0.120. The summed E-state index contributed by atoms with van der Waals surface area (Å²) in [7, 11) is 0. The molecular formula is C20H19F2N3O3. The summed E-state index contributed by atoms with van der Waals surface area (Å²) in [6.07, 6.45) is 2.56. The van der Waals surface area contributed by atoms with Gasteiger partial charge in [0.1, 0.15) is 5.75 Å². The Hall–Kier alpha value is -3.42. The Labute approximate surface area is 159 Å². The van der Waals surface area contributed by atoms with Crippen LogP contribution in [0.3, 0.4) is 0 Å². The van der Waals surface area contributed by atoms with Gasteiger partial charge in [-0.15, -0.1) is 0 Å². The Kier molecular flexibility index (Phi) is 6.21. The van der Waals surface area contributed by atoms with Gasteiger partial charge in [0.25, 0.3) is 5.91 Å². The second-order valence-corrected chi connectivity index (χ2v) is 6.05. The van der Waals surface area contributed by atoms with Crippen molar-refractivity contribution in [3.63, 3.8) is 0 Å². The van der Waals surface area contributed by atoms with Gasteiger partial charge in [-0.25, -0.2) is 0 Å². The van der Waals surface area contributed by atoms with Gasteiger partial charge in [0.2, 0.25) is 5.91 Å². The number of benzene rings is 2. The van der Waals surface area contributed by atoms with Crippen molar-refractivity contribution >= 4 is 22.7 Å². The molecular weight excluding hydrogens is 368 g/mol. The normalized spacial score (nSPS) is 10.8. The van der Waals surface area contributed by atoms with E-state index in [4.69, 9.17) is 0 Å². The van der Waals surface area contributed by atoms with E-state index >= 15 is 0 Å². The minimum atomic E-state index is -2.97. The summed E-state index contributed by atoms with van der Waals surface area (Å²) in [5.41, 5.74) is 2.26.